The summed E-state index contributed by atoms with van der Waals surface area (Å²) in [5, 5.41) is 13.8. The molecule has 4 rings (SSSR count). The van der Waals surface area contributed by atoms with Gasteiger partial charge in [0.05, 0.1) is 23.3 Å². The number of carbonyl (C=O) groups is 2. The van der Waals surface area contributed by atoms with E-state index in [1.54, 1.807) is 53.9 Å². The Hall–Kier alpha value is -4.05. The molecule has 0 fully saturated rings. The van der Waals surface area contributed by atoms with Gasteiger partial charge in [-0.05, 0) is 31.2 Å². The summed E-state index contributed by atoms with van der Waals surface area (Å²) in [6, 6.07) is 12.6. The fourth-order valence-electron chi connectivity index (χ4n) is 3.07. The molecule has 0 saturated carbocycles. The molecule has 0 aliphatic heterocycles. The minimum Gasteiger partial charge on any atom is -0.465 e. The molecule has 2 aromatic heterocycles. The summed E-state index contributed by atoms with van der Waals surface area (Å²) in [6.07, 6.45) is 1.75. The Balaban J connectivity index is 1.58. The first-order chi connectivity index (χ1) is 14.9. The summed E-state index contributed by atoms with van der Waals surface area (Å²) in [5.74, 6) is -0.747. The van der Waals surface area contributed by atoms with E-state index in [9.17, 15) is 19.7 Å². The average Bonchev–Trinajstić information content (AvgIpc) is 3.33. The van der Waals surface area contributed by atoms with Crippen molar-refractivity contribution in [1.29, 1.82) is 0 Å². The van der Waals surface area contributed by atoms with Gasteiger partial charge in [0.1, 0.15) is 4.88 Å². The molecule has 31 heavy (non-hydrogen) atoms. The molecule has 4 aromatic rings. The number of nitro groups is 1. The number of rotatable bonds is 5. The summed E-state index contributed by atoms with van der Waals surface area (Å²) in [7, 11) is 1.30. The molecule has 2 aromatic carbocycles. The zero-order chi connectivity index (χ0) is 22.1. The van der Waals surface area contributed by atoms with Crippen LogP contribution in [0.1, 0.15) is 25.7 Å². The number of esters is 1. The molecular formula is C21H16N4O5S. The lowest BCUT2D eigenvalue weighted by molar-refractivity contribution is -0.384. The van der Waals surface area contributed by atoms with Crippen LogP contribution >= 0.6 is 11.3 Å². The highest BCUT2D eigenvalue weighted by Gasteiger charge is 2.19. The zero-order valence-corrected chi connectivity index (χ0v) is 17.3. The van der Waals surface area contributed by atoms with Gasteiger partial charge < -0.3 is 10.1 Å². The van der Waals surface area contributed by atoms with Crippen LogP contribution in [-0.4, -0.2) is 33.3 Å². The molecule has 0 bridgehead atoms. The van der Waals surface area contributed by atoms with Gasteiger partial charge in [0.25, 0.3) is 11.6 Å². The number of non-ortho nitro benzene ring substituents is 1. The van der Waals surface area contributed by atoms with Crippen LogP contribution in [0.15, 0.2) is 54.7 Å². The number of carbonyl (C=O) groups excluding carboxylic acids is 2. The third-order valence-corrected chi connectivity index (χ3v) is 5.84. The maximum absolute atomic E-state index is 12.7. The van der Waals surface area contributed by atoms with Gasteiger partial charge in [-0.3, -0.25) is 19.3 Å². The number of aromatic nitrogens is 2. The lowest BCUT2D eigenvalue weighted by Gasteiger charge is -2.05. The van der Waals surface area contributed by atoms with Crippen LogP contribution in [0.4, 0.5) is 11.4 Å². The molecule has 0 aliphatic rings. The van der Waals surface area contributed by atoms with E-state index >= 15 is 0 Å². The first-order valence-corrected chi connectivity index (χ1v) is 9.92. The van der Waals surface area contributed by atoms with Crippen LogP contribution in [-0.2, 0) is 4.74 Å². The molecule has 0 saturated heterocycles. The Kier molecular flexibility index (Phi) is 5.22. The summed E-state index contributed by atoms with van der Waals surface area (Å²) in [5.41, 5.74) is 2.83. The second-order valence-corrected chi connectivity index (χ2v) is 7.60. The van der Waals surface area contributed by atoms with Gasteiger partial charge in [-0.1, -0.05) is 23.5 Å². The molecular weight excluding hydrogens is 420 g/mol. The highest BCUT2D eigenvalue weighted by molar-refractivity contribution is 7.19. The zero-order valence-electron chi connectivity index (χ0n) is 16.5. The van der Waals surface area contributed by atoms with Gasteiger partial charge in [-0.25, -0.2) is 9.78 Å². The largest absolute Gasteiger partial charge is 0.465 e. The van der Waals surface area contributed by atoms with E-state index in [0.29, 0.717) is 38.0 Å². The Bertz CT molecular complexity index is 1320. The third kappa shape index (κ3) is 3.88. The number of amides is 1. The molecule has 2 heterocycles. The van der Waals surface area contributed by atoms with Crippen LogP contribution in [0.25, 0.3) is 16.2 Å². The Morgan fingerprint density at radius 1 is 1.19 bits per heavy atom. The molecule has 1 N–H and O–H groups in total. The van der Waals surface area contributed by atoms with Crippen molar-refractivity contribution in [3.8, 4) is 11.3 Å². The van der Waals surface area contributed by atoms with Gasteiger partial charge in [0, 0.05) is 35.3 Å². The highest BCUT2D eigenvalue weighted by atomic mass is 32.1. The Morgan fingerprint density at radius 3 is 2.58 bits per heavy atom. The fourth-order valence-corrected chi connectivity index (χ4v) is 4.08. The summed E-state index contributed by atoms with van der Waals surface area (Å²) in [6.45, 7) is 1.80. The summed E-state index contributed by atoms with van der Waals surface area (Å²) < 4.78 is 6.45. The third-order valence-electron chi connectivity index (χ3n) is 4.68. The number of anilines is 1. The lowest BCUT2D eigenvalue weighted by Crippen LogP contribution is -2.12. The predicted molar refractivity (Wildman–Crippen MR) is 116 cm³/mol. The fraction of sp³-hybridized carbons (Fsp3) is 0.0952. The first-order valence-electron chi connectivity index (χ1n) is 9.10. The van der Waals surface area contributed by atoms with Crippen molar-refractivity contribution in [2.75, 3.05) is 12.4 Å². The van der Waals surface area contributed by atoms with Gasteiger partial charge in [-0.2, -0.15) is 0 Å². The number of ether oxygens (including phenoxy) is 1. The second-order valence-electron chi connectivity index (χ2n) is 6.63. The van der Waals surface area contributed by atoms with Crippen molar-refractivity contribution >= 4 is 39.5 Å². The lowest BCUT2D eigenvalue weighted by atomic mass is 10.1. The number of hydrogen-bond donors (Lipinski definition) is 1. The minimum absolute atomic E-state index is 0.0103. The molecule has 0 aliphatic carbocycles. The average molecular weight is 436 g/mol. The number of fused-ring (bicyclic) bond motifs is 1. The summed E-state index contributed by atoms with van der Waals surface area (Å²) >= 11 is 1.22. The monoisotopic (exact) mass is 436 g/mol. The first kappa shape index (κ1) is 20.2. The molecule has 156 valence electrons. The van der Waals surface area contributed by atoms with Crippen molar-refractivity contribution in [3.63, 3.8) is 0 Å². The number of thiazole rings is 1. The maximum atomic E-state index is 12.7. The quantitative estimate of drug-likeness (QED) is 0.283. The number of benzene rings is 2. The molecule has 0 spiro atoms. The molecule has 0 atom stereocenters. The van der Waals surface area contributed by atoms with E-state index in [0.717, 1.165) is 0 Å². The number of methoxy groups -OCH3 is 1. The number of imidazole rings is 1. The Labute approximate surface area is 180 Å². The van der Waals surface area contributed by atoms with Crippen molar-refractivity contribution in [2.24, 2.45) is 0 Å². The van der Waals surface area contributed by atoms with Crippen LogP contribution in [0.3, 0.4) is 0 Å². The van der Waals surface area contributed by atoms with Gasteiger partial charge >= 0.3 is 5.97 Å². The van der Waals surface area contributed by atoms with Crippen LogP contribution in [0.2, 0.25) is 0 Å². The Morgan fingerprint density at radius 2 is 1.94 bits per heavy atom. The van der Waals surface area contributed by atoms with Gasteiger partial charge in [0.15, 0.2) is 4.96 Å². The van der Waals surface area contributed by atoms with E-state index in [-0.39, 0.29) is 11.6 Å². The number of aryl methyl sites for hydroxylation is 1. The van der Waals surface area contributed by atoms with Crippen LogP contribution in [0.5, 0.6) is 0 Å². The van der Waals surface area contributed by atoms with Crippen LogP contribution < -0.4 is 5.32 Å². The van der Waals surface area contributed by atoms with Gasteiger partial charge in [-0.15, -0.1) is 0 Å². The number of nitro benzene ring substituents is 1. The minimum atomic E-state index is -0.451. The van der Waals surface area contributed by atoms with Gasteiger partial charge in [0.2, 0.25) is 0 Å². The maximum Gasteiger partial charge on any atom is 0.337 e. The summed E-state index contributed by atoms with van der Waals surface area (Å²) in [4.78, 5) is 40.4. The molecule has 10 heteroatoms. The van der Waals surface area contributed by atoms with Crippen molar-refractivity contribution in [2.45, 2.75) is 6.92 Å². The number of nitrogens with zero attached hydrogens (tertiary/aromatic N) is 3. The van der Waals surface area contributed by atoms with E-state index in [4.69, 9.17) is 0 Å². The van der Waals surface area contributed by atoms with E-state index in [2.05, 4.69) is 15.0 Å². The van der Waals surface area contributed by atoms with Crippen molar-refractivity contribution in [3.05, 3.63) is 81.0 Å². The van der Waals surface area contributed by atoms with E-state index < -0.39 is 10.9 Å². The topological polar surface area (TPSA) is 116 Å². The SMILES string of the molecule is COC(=O)c1ccc(NC(=O)c2sc3nc(-c4cccc([N+](=O)[O-])c4)cn3c2C)cc1. The molecule has 1 amide bonds. The van der Waals surface area contributed by atoms with E-state index in [1.807, 2.05) is 0 Å². The van der Waals surface area contributed by atoms with Crippen molar-refractivity contribution in [1.82, 2.24) is 9.38 Å². The van der Waals surface area contributed by atoms with Crippen LogP contribution in [0, 0.1) is 17.0 Å². The smallest absolute Gasteiger partial charge is 0.337 e. The standard InChI is InChI=1S/C21H16N4O5S/c1-12-18(19(26)22-15-8-6-13(7-9-15)20(27)30-2)31-21-23-17(11-24(12)21)14-4-3-5-16(10-14)25(28)29/h3-11H,1-2H3,(H,22,26). The molecule has 0 unspecified atom stereocenters. The number of nitrogens with one attached hydrogen (secondary N) is 1. The number of hydrogen-bond acceptors (Lipinski definition) is 7. The predicted octanol–water partition coefficient (Wildman–Crippen LogP) is 4.32. The molecule has 9 nitrogen and oxygen atoms in total. The second kappa shape index (κ2) is 8.00. The highest BCUT2D eigenvalue weighted by Crippen LogP contribution is 2.29. The molecule has 0 radical (unpaired) electrons. The van der Waals surface area contributed by atoms with E-state index in [1.165, 1.54) is 30.6 Å². The van der Waals surface area contributed by atoms with Crippen molar-refractivity contribution < 1.29 is 19.2 Å². The normalized spacial score (nSPS) is 10.8.